The Balaban J connectivity index is -0.0000000450. The SMILES string of the molecule is [Cl-].[Na+].[O]=[Mo](=[O])=[O]. The Morgan fingerprint density at radius 3 is 1.00 bits per heavy atom. The van der Waals surface area contributed by atoms with Gasteiger partial charge in [0.25, 0.3) is 0 Å². The van der Waals surface area contributed by atoms with Crippen LogP contribution in [-0.2, 0) is 27.4 Å². The molecule has 0 heterocycles. The monoisotopic (exact) mass is 204 g/mol. The van der Waals surface area contributed by atoms with Crippen molar-refractivity contribution in [2.45, 2.75) is 0 Å². The zero-order valence-electron chi connectivity index (χ0n) is 3.01. The molecule has 6 heavy (non-hydrogen) atoms. The van der Waals surface area contributed by atoms with Crippen molar-refractivity contribution in [3.63, 3.8) is 0 Å². The molecule has 0 radical (unpaired) electrons. The topological polar surface area (TPSA) is 51.2 Å². The van der Waals surface area contributed by atoms with Crippen molar-refractivity contribution in [3.8, 4) is 0 Å². The number of hydrogen-bond acceptors (Lipinski definition) is 3. The van der Waals surface area contributed by atoms with E-state index in [1.54, 1.807) is 0 Å². The van der Waals surface area contributed by atoms with Crippen LogP contribution >= 0.6 is 0 Å². The van der Waals surface area contributed by atoms with Gasteiger partial charge in [0.05, 0.1) is 0 Å². The summed E-state index contributed by atoms with van der Waals surface area (Å²) in [5.41, 5.74) is 0. The van der Waals surface area contributed by atoms with E-state index in [2.05, 4.69) is 0 Å². The Morgan fingerprint density at radius 2 is 1.00 bits per heavy atom. The summed E-state index contributed by atoms with van der Waals surface area (Å²) >= 11 is -4.11. The molecule has 0 aromatic heterocycles. The summed E-state index contributed by atoms with van der Waals surface area (Å²) in [6.07, 6.45) is 0. The molecule has 0 aliphatic heterocycles. The third kappa shape index (κ3) is 54.3. The third-order valence-corrected chi connectivity index (χ3v) is 0. The van der Waals surface area contributed by atoms with Crippen molar-refractivity contribution in [2.75, 3.05) is 0 Å². The van der Waals surface area contributed by atoms with Crippen LogP contribution in [0.3, 0.4) is 0 Å². The van der Waals surface area contributed by atoms with Crippen LogP contribution in [0.4, 0.5) is 0 Å². The first kappa shape index (κ1) is 15.7. The zero-order valence-corrected chi connectivity index (χ0v) is 7.77. The van der Waals surface area contributed by atoms with Gasteiger partial charge in [0.1, 0.15) is 0 Å². The van der Waals surface area contributed by atoms with Crippen molar-refractivity contribution >= 4 is 0 Å². The van der Waals surface area contributed by atoms with Crippen molar-refractivity contribution in [2.24, 2.45) is 0 Å². The van der Waals surface area contributed by atoms with Crippen LogP contribution < -0.4 is 42.0 Å². The van der Waals surface area contributed by atoms with Gasteiger partial charge in [0, 0.05) is 0 Å². The molecule has 0 spiro atoms. The first-order valence-electron chi connectivity index (χ1n) is 0.500. The Labute approximate surface area is 68.7 Å². The fraction of sp³-hybridized carbons (Fsp3) is 0. The quantitative estimate of drug-likeness (QED) is 0.367. The summed E-state index contributed by atoms with van der Waals surface area (Å²) in [6.45, 7) is 0. The molecule has 0 fully saturated rings. The van der Waals surface area contributed by atoms with E-state index in [1.807, 2.05) is 0 Å². The molecule has 0 saturated carbocycles. The molecule has 0 aromatic carbocycles. The first-order chi connectivity index (χ1) is 1.73. The van der Waals surface area contributed by atoms with Gasteiger partial charge in [-0.25, -0.2) is 0 Å². The molecule has 0 bridgehead atoms. The number of rotatable bonds is 0. The average molecular weight is 202 g/mol. The van der Waals surface area contributed by atoms with Gasteiger partial charge in [0.2, 0.25) is 0 Å². The maximum absolute atomic E-state index is 8.59. The van der Waals surface area contributed by atoms with E-state index in [4.69, 9.17) is 10.2 Å². The summed E-state index contributed by atoms with van der Waals surface area (Å²) in [7, 11) is 0. The van der Waals surface area contributed by atoms with Crippen LogP contribution in [0.5, 0.6) is 0 Å². The standard InChI is InChI=1S/ClH.Mo.Na.3O/h1H;;;;;/q;;+1;;;/p-1. The zero-order chi connectivity index (χ0) is 3.58. The van der Waals surface area contributed by atoms with Crippen molar-refractivity contribution in [1.29, 1.82) is 0 Å². The van der Waals surface area contributed by atoms with E-state index in [0.29, 0.717) is 0 Å². The van der Waals surface area contributed by atoms with E-state index in [0.717, 1.165) is 0 Å². The average Bonchev–Trinajstić information content (AvgIpc) is 0.811. The van der Waals surface area contributed by atoms with Crippen LogP contribution in [0.25, 0.3) is 0 Å². The molecule has 0 aliphatic carbocycles. The second-order valence-corrected chi connectivity index (χ2v) is 1.21. The Kier molecular flexibility index (Phi) is 25.1. The Morgan fingerprint density at radius 1 is 1.00 bits per heavy atom. The summed E-state index contributed by atoms with van der Waals surface area (Å²) in [5, 5.41) is 0. The number of hydrogen-bond donors (Lipinski definition) is 0. The van der Waals surface area contributed by atoms with Crippen molar-refractivity contribution in [3.05, 3.63) is 0 Å². The van der Waals surface area contributed by atoms with E-state index < -0.39 is 17.2 Å². The first-order valence-corrected chi connectivity index (χ1v) is 2.96. The van der Waals surface area contributed by atoms with Crippen LogP contribution in [-0.4, -0.2) is 0 Å². The Hall–Kier alpha value is 1.38. The van der Waals surface area contributed by atoms with Crippen molar-refractivity contribution < 1.29 is 69.4 Å². The minimum atomic E-state index is -4.11. The van der Waals surface area contributed by atoms with Crippen LogP contribution in [0, 0.1) is 0 Å². The molecular formula is ClMoNaO3. The van der Waals surface area contributed by atoms with E-state index in [1.165, 1.54) is 0 Å². The summed E-state index contributed by atoms with van der Waals surface area (Å²) in [5.74, 6) is 0. The predicted molar refractivity (Wildman–Crippen MR) is 2.06 cm³/mol. The predicted octanol–water partition coefficient (Wildman–Crippen LogP) is -6.35. The molecule has 6 heteroatoms. The van der Waals surface area contributed by atoms with Gasteiger partial charge in [0.15, 0.2) is 0 Å². The minimum absolute atomic E-state index is 0. The molecule has 0 saturated heterocycles. The molecule has 32 valence electrons. The Bertz CT molecular complexity index is 80.2. The fourth-order valence-corrected chi connectivity index (χ4v) is 0. The van der Waals surface area contributed by atoms with Crippen molar-refractivity contribution in [1.82, 2.24) is 0 Å². The molecule has 0 N–H and O–H groups in total. The van der Waals surface area contributed by atoms with E-state index >= 15 is 0 Å². The van der Waals surface area contributed by atoms with Gasteiger partial charge in [-0.3, -0.25) is 0 Å². The van der Waals surface area contributed by atoms with Gasteiger partial charge < -0.3 is 12.4 Å². The third-order valence-electron chi connectivity index (χ3n) is 0. The molecule has 0 atom stereocenters. The molecule has 0 rings (SSSR count). The summed E-state index contributed by atoms with van der Waals surface area (Å²) < 4.78 is 25.8. The molecule has 3 nitrogen and oxygen atoms in total. The molecule has 0 amide bonds. The van der Waals surface area contributed by atoms with Crippen LogP contribution in [0.1, 0.15) is 0 Å². The maximum atomic E-state index is 8.59. The summed E-state index contributed by atoms with van der Waals surface area (Å²) in [4.78, 5) is 0. The second-order valence-electron chi connectivity index (χ2n) is 0.204. The van der Waals surface area contributed by atoms with Gasteiger partial charge in [-0.05, 0) is 0 Å². The molecule has 0 aliphatic rings. The van der Waals surface area contributed by atoms with E-state index in [-0.39, 0.29) is 42.0 Å². The van der Waals surface area contributed by atoms with Crippen LogP contribution in [0.15, 0.2) is 0 Å². The second kappa shape index (κ2) is 9.62. The molecular weight excluding hydrogens is 202 g/mol. The molecule has 0 aromatic rings. The van der Waals surface area contributed by atoms with Crippen LogP contribution in [0.2, 0.25) is 0 Å². The van der Waals surface area contributed by atoms with Gasteiger partial charge >= 0.3 is 57.0 Å². The summed E-state index contributed by atoms with van der Waals surface area (Å²) in [6, 6.07) is 0. The van der Waals surface area contributed by atoms with E-state index in [9.17, 15) is 0 Å². The van der Waals surface area contributed by atoms with Gasteiger partial charge in [-0.1, -0.05) is 0 Å². The fourth-order valence-electron chi connectivity index (χ4n) is 0. The molecule has 0 unspecified atom stereocenters. The number of halogens is 1. The van der Waals surface area contributed by atoms with Gasteiger partial charge in [-0.2, -0.15) is 0 Å². The van der Waals surface area contributed by atoms with Gasteiger partial charge in [-0.15, -0.1) is 0 Å². The normalized spacial score (nSPS) is 4.00.